The molecule has 0 N–H and O–H groups in total. The van der Waals surface area contributed by atoms with Gasteiger partial charge in [-0.15, -0.1) is 0 Å². The lowest BCUT2D eigenvalue weighted by atomic mass is 9.63. The van der Waals surface area contributed by atoms with Crippen LogP contribution in [0, 0.1) is 17.8 Å². The fraction of sp³-hybridized carbons (Fsp3) is 0.500. The van der Waals surface area contributed by atoms with E-state index >= 15 is 0 Å². The molecule has 146 valence electrons. The summed E-state index contributed by atoms with van der Waals surface area (Å²) < 4.78 is 17.7. The number of allylic oxidation sites excluding steroid dienone is 1. The van der Waals surface area contributed by atoms with E-state index in [9.17, 15) is 14.4 Å². The predicted octanol–water partition coefficient (Wildman–Crippen LogP) is 3.06. The smallest absolute Gasteiger partial charge is 0.307 e. The molecule has 3 aliphatic carbocycles. The van der Waals surface area contributed by atoms with Crippen LogP contribution in [0.1, 0.15) is 54.3 Å². The summed E-state index contributed by atoms with van der Waals surface area (Å²) in [5, 5.41) is 0. The molecule has 0 bridgehead atoms. The number of Topliss-reactive ketones (excluding diaryl/α,β-unsaturated/α-hetero) is 2. The number of hydrogen-bond acceptors (Lipinski definition) is 6. The second-order valence-corrected chi connectivity index (χ2v) is 8.52. The number of carbonyl (C=O) groups excluding carboxylic acids is 3. The van der Waals surface area contributed by atoms with E-state index in [-0.39, 0.29) is 36.1 Å². The highest BCUT2D eigenvalue weighted by molar-refractivity contribution is 6.16. The molecule has 1 aromatic carbocycles. The van der Waals surface area contributed by atoms with Crippen LogP contribution in [0.25, 0.3) is 0 Å². The lowest BCUT2D eigenvalue weighted by Gasteiger charge is -2.40. The highest BCUT2D eigenvalue weighted by Gasteiger charge is 2.59. The van der Waals surface area contributed by atoms with Gasteiger partial charge in [0.05, 0.1) is 6.10 Å². The average molecular weight is 382 g/mol. The van der Waals surface area contributed by atoms with Gasteiger partial charge in [0.25, 0.3) is 0 Å². The molecule has 6 nitrogen and oxygen atoms in total. The molecule has 2 fully saturated rings. The highest BCUT2D eigenvalue weighted by atomic mass is 16.8. The molecule has 1 aromatic rings. The van der Waals surface area contributed by atoms with Crippen LogP contribution in [-0.2, 0) is 19.0 Å². The molecule has 1 saturated heterocycles. The second-order valence-electron chi connectivity index (χ2n) is 8.52. The molecule has 1 aliphatic heterocycles. The lowest BCUT2D eigenvalue weighted by molar-refractivity contribution is -0.150. The van der Waals surface area contributed by atoms with Crippen molar-refractivity contribution in [1.82, 2.24) is 0 Å². The Morgan fingerprint density at radius 3 is 2.43 bits per heavy atom. The molecular weight excluding hydrogens is 360 g/mol. The Morgan fingerprint density at radius 2 is 1.75 bits per heavy atom. The maximum absolute atomic E-state index is 13.4. The summed E-state index contributed by atoms with van der Waals surface area (Å²) in [6.45, 7) is 5.05. The van der Waals surface area contributed by atoms with Crippen LogP contribution in [0.2, 0.25) is 0 Å². The Morgan fingerprint density at radius 1 is 1.07 bits per heavy atom. The van der Waals surface area contributed by atoms with Crippen molar-refractivity contribution < 1.29 is 28.6 Å². The molecule has 0 spiro atoms. The van der Waals surface area contributed by atoms with Gasteiger partial charge in [0, 0.05) is 41.9 Å². The van der Waals surface area contributed by atoms with Gasteiger partial charge < -0.3 is 14.2 Å². The Bertz CT molecular complexity index is 942. The van der Waals surface area contributed by atoms with Gasteiger partial charge in [-0.3, -0.25) is 14.4 Å². The monoisotopic (exact) mass is 382 g/mol. The first-order valence-electron chi connectivity index (χ1n) is 9.71. The average Bonchev–Trinajstić information content (AvgIpc) is 3.10. The number of fused-ring (bicyclic) bond motifs is 6. The first kappa shape index (κ1) is 17.8. The molecule has 1 saturated carbocycles. The topological polar surface area (TPSA) is 78.9 Å². The summed E-state index contributed by atoms with van der Waals surface area (Å²) >= 11 is 0. The molecule has 5 rings (SSSR count). The first-order valence-corrected chi connectivity index (χ1v) is 9.71. The van der Waals surface area contributed by atoms with Gasteiger partial charge in [0.15, 0.2) is 17.4 Å². The highest BCUT2D eigenvalue weighted by Crippen LogP contribution is 2.55. The SMILES string of the molecule is CC(=O)OC1=C2C(CC3OC(C)(C)OC23)C2C(=O)c3ccccc3C(=O)C2C1. The number of benzene rings is 1. The molecule has 0 amide bonds. The predicted molar refractivity (Wildman–Crippen MR) is 97.4 cm³/mol. The van der Waals surface area contributed by atoms with E-state index in [1.54, 1.807) is 24.3 Å². The minimum Gasteiger partial charge on any atom is -0.431 e. The van der Waals surface area contributed by atoms with Crippen molar-refractivity contribution in [2.45, 2.75) is 51.6 Å². The van der Waals surface area contributed by atoms with Crippen LogP contribution >= 0.6 is 0 Å². The van der Waals surface area contributed by atoms with Gasteiger partial charge in [0.2, 0.25) is 0 Å². The van der Waals surface area contributed by atoms with E-state index < -0.39 is 23.6 Å². The molecule has 5 unspecified atom stereocenters. The van der Waals surface area contributed by atoms with Crippen LogP contribution in [0.15, 0.2) is 35.6 Å². The van der Waals surface area contributed by atoms with Gasteiger partial charge in [-0.25, -0.2) is 0 Å². The summed E-state index contributed by atoms with van der Waals surface area (Å²) in [5.74, 6) is -1.94. The van der Waals surface area contributed by atoms with Crippen molar-refractivity contribution in [2.75, 3.05) is 0 Å². The molecule has 1 heterocycles. The molecule has 4 aliphatic rings. The zero-order chi connectivity index (χ0) is 19.8. The Labute approximate surface area is 162 Å². The minimum absolute atomic E-state index is 0.0104. The van der Waals surface area contributed by atoms with Crippen LogP contribution < -0.4 is 0 Å². The third-order valence-electron chi connectivity index (χ3n) is 6.33. The number of rotatable bonds is 1. The van der Waals surface area contributed by atoms with Gasteiger partial charge in [-0.2, -0.15) is 0 Å². The molecule has 5 atom stereocenters. The molecule has 28 heavy (non-hydrogen) atoms. The summed E-state index contributed by atoms with van der Waals surface area (Å²) in [7, 11) is 0. The largest absolute Gasteiger partial charge is 0.431 e. The standard InChI is InChI=1S/C22H22O6/c1-10(23)26-15-9-14-17(20(25)12-7-5-4-6-11(12)19(14)24)13-8-16-21(18(13)15)28-22(2,3)27-16/h4-7,13-14,16-17,21H,8-9H2,1-3H3. The lowest BCUT2D eigenvalue weighted by Crippen LogP contribution is -2.44. The normalized spacial score (nSPS) is 35.2. The molecule has 0 aromatic heterocycles. The van der Waals surface area contributed by atoms with E-state index in [2.05, 4.69) is 0 Å². The van der Waals surface area contributed by atoms with Crippen molar-refractivity contribution >= 4 is 17.5 Å². The summed E-state index contributed by atoms with van der Waals surface area (Å²) in [6.07, 6.45) is 0.258. The third kappa shape index (κ3) is 2.44. The van der Waals surface area contributed by atoms with E-state index in [1.165, 1.54) is 6.92 Å². The fourth-order valence-electron chi connectivity index (χ4n) is 5.48. The van der Waals surface area contributed by atoms with Gasteiger partial charge in [0.1, 0.15) is 11.9 Å². The summed E-state index contributed by atoms with van der Waals surface area (Å²) in [4.78, 5) is 38.3. The van der Waals surface area contributed by atoms with Crippen LogP contribution in [0.3, 0.4) is 0 Å². The summed E-state index contributed by atoms with van der Waals surface area (Å²) in [6, 6.07) is 6.98. The zero-order valence-corrected chi connectivity index (χ0v) is 16.1. The van der Waals surface area contributed by atoms with Gasteiger partial charge >= 0.3 is 5.97 Å². The molecule has 0 radical (unpaired) electrons. The van der Waals surface area contributed by atoms with Crippen LogP contribution in [-0.4, -0.2) is 35.5 Å². The maximum atomic E-state index is 13.4. The summed E-state index contributed by atoms with van der Waals surface area (Å²) in [5.41, 5.74) is 1.78. The van der Waals surface area contributed by atoms with Crippen molar-refractivity contribution in [3.05, 3.63) is 46.7 Å². The van der Waals surface area contributed by atoms with Crippen LogP contribution in [0.4, 0.5) is 0 Å². The first-order chi connectivity index (χ1) is 13.3. The number of esters is 1. The van der Waals surface area contributed by atoms with Crippen LogP contribution in [0.5, 0.6) is 0 Å². The van der Waals surface area contributed by atoms with Gasteiger partial charge in [-0.05, 0) is 26.2 Å². The molecular formula is C22H22O6. The fourth-order valence-corrected chi connectivity index (χ4v) is 5.48. The Balaban J connectivity index is 1.62. The third-order valence-corrected chi connectivity index (χ3v) is 6.33. The van der Waals surface area contributed by atoms with E-state index in [0.717, 1.165) is 5.57 Å². The Kier molecular flexibility index (Phi) is 3.71. The van der Waals surface area contributed by atoms with Crippen molar-refractivity contribution in [2.24, 2.45) is 17.8 Å². The van der Waals surface area contributed by atoms with Crippen molar-refractivity contribution in [3.63, 3.8) is 0 Å². The number of ether oxygens (including phenoxy) is 3. The zero-order valence-electron chi connectivity index (χ0n) is 16.1. The number of carbonyl (C=O) groups is 3. The Hall–Kier alpha value is -2.31. The van der Waals surface area contributed by atoms with Crippen molar-refractivity contribution in [3.8, 4) is 0 Å². The maximum Gasteiger partial charge on any atom is 0.307 e. The van der Waals surface area contributed by atoms with Gasteiger partial charge in [-0.1, -0.05) is 24.3 Å². The van der Waals surface area contributed by atoms with E-state index in [0.29, 0.717) is 23.3 Å². The van der Waals surface area contributed by atoms with E-state index in [4.69, 9.17) is 14.2 Å². The second kappa shape index (κ2) is 5.84. The quantitative estimate of drug-likeness (QED) is 0.695. The molecule has 6 heteroatoms. The number of ketones is 2. The minimum atomic E-state index is -0.732. The van der Waals surface area contributed by atoms with E-state index in [1.807, 2.05) is 13.8 Å². The number of hydrogen-bond donors (Lipinski definition) is 0. The van der Waals surface area contributed by atoms with Crippen molar-refractivity contribution in [1.29, 1.82) is 0 Å².